The zero-order valence-corrected chi connectivity index (χ0v) is 54.7. The Balaban J connectivity index is 0.747. The molecular weight excluding hydrogens is 1210 g/mol. The molecule has 9 aliphatic rings. The molecule has 0 radical (unpaired) electrons. The average molecular weight is 1310 g/mol. The molecule has 10 rings (SSSR count). The molecule has 0 amide bonds. The standard InChI is InChI=1S/C66H98O26/c1-31(68)40-22-25-66(76)64(40,8)60(88-45(70)19-18-37-16-14-13-15-17-37)58(85-36(6)69)59-63(7)23-21-39(26-38(63)20-24-65(59,66)75)86-46-27-41(77-9)53(32(2)81-46)89-47-28-42(78-10)54(33(3)82-47)90-48-29-43(79-11)55(34(4)83-48)91-62-52(74)57(80-12)56(35(5)84-62)92-61-51(73)50(72)49(71)44(30-67)87-61/h13-20,32-35,39-44,46-62,67,71-76H,21-30H2,1-12H3/b19-18+/t32-,33-,34-,35-,39+,40-,41+,42+,43-,44-,46+,47+,48+,49-,50+,51-,52-,53-,54-,55-,56-,57+,58+,59-,60-,61+,62+,63+,64+,65+,66-/m1/s1. The summed E-state index contributed by atoms with van der Waals surface area (Å²) in [6.07, 6.45) is -16.7. The van der Waals surface area contributed by atoms with Crippen molar-refractivity contribution in [2.45, 2.75) is 278 Å². The summed E-state index contributed by atoms with van der Waals surface area (Å²) in [7, 11) is 6.07. The molecule has 1 aromatic carbocycles. The molecule has 3 saturated carbocycles. The number of ether oxygens (including phenoxy) is 16. The number of hydrogen-bond acceptors (Lipinski definition) is 26. The molecule has 4 aliphatic carbocycles. The number of Topliss-reactive ketones (excluding diaryl/α,β-unsaturated/α-hetero) is 1. The predicted molar refractivity (Wildman–Crippen MR) is 319 cm³/mol. The molecule has 5 saturated heterocycles. The molecule has 8 fully saturated rings. The molecule has 1 aromatic rings. The van der Waals surface area contributed by atoms with Crippen LogP contribution in [0, 0.1) is 22.7 Å². The SMILES string of the molecule is CO[C@H]1[C@@H](O)[C@H](O[C@@H]2[C@@H](C)O[C@@H](O[C@H]3[C@@H](OC)C[C@H](O[C@H]4[C@@H](OC)C[C@H](O[C@H]5CC[C@@]6(C)C(=CC[C@]7(O)[C@@H]6[C@H](OC(C)=O)[C@@H](OC(=O)/C=C/c6ccccc6)[C@]6(C)[C@@H](C(C)=O)CC[C@@]67O)C5)O[C@@H]4C)O[C@@H]3C)C[C@H]2OC)O[C@H](C)[C@H]1O[C@@H]1O[C@H](CO)[C@@H](O)[C@H](O)[C@H]1O. The lowest BCUT2D eigenvalue weighted by molar-refractivity contribution is -0.374. The third kappa shape index (κ3) is 13.4. The van der Waals surface area contributed by atoms with E-state index in [1.54, 1.807) is 41.1 Å². The van der Waals surface area contributed by atoms with Gasteiger partial charge in [-0.2, -0.15) is 0 Å². The number of fused-ring (bicyclic) bond motifs is 5. The fraction of sp³-hybridized carbons (Fsp3) is 0.803. The molecular formula is C66H98O26. The van der Waals surface area contributed by atoms with Crippen LogP contribution in [0.1, 0.15) is 119 Å². The number of methoxy groups -OCH3 is 4. The first-order chi connectivity index (χ1) is 43.7. The van der Waals surface area contributed by atoms with E-state index in [9.17, 15) is 50.1 Å². The van der Waals surface area contributed by atoms with E-state index in [-0.39, 0.29) is 44.0 Å². The first-order valence-corrected chi connectivity index (χ1v) is 32.4. The van der Waals surface area contributed by atoms with Gasteiger partial charge in [0, 0.05) is 78.0 Å². The molecule has 0 unspecified atom stereocenters. The number of ketones is 1. The number of carbonyl (C=O) groups is 3. The van der Waals surface area contributed by atoms with Crippen LogP contribution in [0.3, 0.4) is 0 Å². The van der Waals surface area contributed by atoms with E-state index in [0.717, 1.165) is 11.1 Å². The Hall–Kier alpha value is -3.53. The van der Waals surface area contributed by atoms with Gasteiger partial charge in [-0.05, 0) is 90.2 Å². The van der Waals surface area contributed by atoms with Gasteiger partial charge >= 0.3 is 11.9 Å². The Morgan fingerprint density at radius 2 is 1.15 bits per heavy atom. The van der Waals surface area contributed by atoms with Crippen molar-refractivity contribution in [1.82, 2.24) is 0 Å². The van der Waals surface area contributed by atoms with Crippen molar-refractivity contribution in [2.24, 2.45) is 22.7 Å². The van der Waals surface area contributed by atoms with Gasteiger partial charge in [0.2, 0.25) is 0 Å². The van der Waals surface area contributed by atoms with Gasteiger partial charge in [-0.25, -0.2) is 4.79 Å². The van der Waals surface area contributed by atoms with Gasteiger partial charge in [-0.3, -0.25) is 9.59 Å². The topological polar surface area (TPSA) is 340 Å². The van der Waals surface area contributed by atoms with Gasteiger partial charge in [0.25, 0.3) is 0 Å². The highest BCUT2D eigenvalue weighted by atomic mass is 16.8. The summed E-state index contributed by atoms with van der Waals surface area (Å²) in [5.41, 5.74) is -4.59. The number of rotatable bonds is 20. The van der Waals surface area contributed by atoms with Crippen LogP contribution in [0.25, 0.3) is 6.08 Å². The first kappa shape index (κ1) is 71.2. The van der Waals surface area contributed by atoms with Crippen molar-refractivity contribution in [3.63, 3.8) is 0 Å². The van der Waals surface area contributed by atoms with Crippen LogP contribution in [-0.4, -0.2) is 253 Å². The van der Waals surface area contributed by atoms with Crippen LogP contribution < -0.4 is 0 Å². The van der Waals surface area contributed by atoms with Gasteiger partial charge in [0.15, 0.2) is 31.5 Å². The van der Waals surface area contributed by atoms with Gasteiger partial charge in [-0.1, -0.05) is 55.8 Å². The minimum absolute atomic E-state index is 0.0148. The van der Waals surface area contributed by atoms with E-state index in [0.29, 0.717) is 25.7 Å². The molecule has 5 heterocycles. The van der Waals surface area contributed by atoms with Crippen molar-refractivity contribution in [2.75, 3.05) is 35.0 Å². The van der Waals surface area contributed by atoms with Crippen LogP contribution in [0.2, 0.25) is 0 Å². The summed E-state index contributed by atoms with van der Waals surface area (Å²) in [5, 5.41) is 79.1. The lowest BCUT2D eigenvalue weighted by Crippen LogP contribution is -2.80. The number of aliphatic hydroxyl groups is 7. The maximum absolute atomic E-state index is 13.9. The van der Waals surface area contributed by atoms with E-state index < -0.39 is 200 Å². The molecule has 5 aliphatic heterocycles. The third-order valence-corrected chi connectivity index (χ3v) is 21.8. The van der Waals surface area contributed by atoms with E-state index in [2.05, 4.69) is 0 Å². The van der Waals surface area contributed by atoms with Gasteiger partial charge in [0.05, 0.1) is 55.4 Å². The van der Waals surface area contributed by atoms with Crippen LogP contribution >= 0.6 is 0 Å². The number of carbonyl (C=O) groups excluding carboxylic acids is 3. The second-order valence-corrected chi connectivity index (χ2v) is 27.1. The van der Waals surface area contributed by atoms with Crippen molar-refractivity contribution in [1.29, 1.82) is 0 Å². The minimum atomic E-state index is -1.93. The quantitative estimate of drug-likeness (QED) is 0.0560. The molecule has 31 atom stereocenters. The van der Waals surface area contributed by atoms with Crippen molar-refractivity contribution >= 4 is 23.8 Å². The Labute approximate surface area is 537 Å². The maximum atomic E-state index is 13.9. The molecule has 7 N–H and O–H groups in total. The summed E-state index contributed by atoms with van der Waals surface area (Å²) in [4.78, 5) is 40.7. The second-order valence-electron chi connectivity index (χ2n) is 27.1. The van der Waals surface area contributed by atoms with Gasteiger partial charge in [-0.15, -0.1) is 0 Å². The maximum Gasteiger partial charge on any atom is 0.331 e. The van der Waals surface area contributed by atoms with Crippen molar-refractivity contribution < 1.29 is 126 Å². The fourth-order valence-corrected chi connectivity index (χ4v) is 17.0. The highest BCUT2D eigenvalue weighted by molar-refractivity contribution is 5.87. The van der Waals surface area contributed by atoms with Crippen molar-refractivity contribution in [3.8, 4) is 0 Å². The predicted octanol–water partition coefficient (Wildman–Crippen LogP) is 2.46. The summed E-state index contributed by atoms with van der Waals surface area (Å²) >= 11 is 0. The molecule has 0 bridgehead atoms. The fourth-order valence-electron chi connectivity index (χ4n) is 17.0. The van der Waals surface area contributed by atoms with E-state index >= 15 is 0 Å². The number of benzene rings is 1. The number of aliphatic hydroxyl groups excluding tert-OH is 5. The Morgan fingerprint density at radius 3 is 1.70 bits per heavy atom. The Bertz CT molecular complexity index is 2740. The average Bonchev–Trinajstić information content (AvgIpc) is 1.29. The Morgan fingerprint density at radius 1 is 0.609 bits per heavy atom. The lowest BCUT2D eigenvalue weighted by atomic mass is 9.42. The normalized spacial score (nSPS) is 48.0. The summed E-state index contributed by atoms with van der Waals surface area (Å²) in [6, 6.07) is 9.19. The monoisotopic (exact) mass is 1310 g/mol. The highest BCUT2D eigenvalue weighted by Gasteiger charge is 2.81. The largest absolute Gasteiger partial charge is 0.458 e. The van der Waals surface area contributed by atoms with Crippen LogP contribution in [0.15, 0.2) is 48.1 Å². The summed E-state index contributed by atoms with van der Waals surface area (Å²) < 4.78 is 100. The zero-order chi connectivity index (χ0) is 66.5. The molecule has 26 heteroatoms. The molecule has 518 valence electrons. The number of esters is 2. The lowest BCUT2D eigenvalue weighted by Gasteiger charge is -2.68. The molecule has 26 nitrogen and oxygen atoms in total. The Kier molecular flexibility index (Phi) is 22.4. The third-order valence-electron chi connectivity index (χ3n) is 21.8. The highest BCUT2D eigenvalue weighted by Crippen LogP contribution is 2.70. The zero-order valence-electron chi connectivity index (χ0n) is 54.7. The van der Waals surface area contributed by atoms with Crippen LogP contribution in [-0.2, 0) is 90.2 Å². The summed E-state index contributed by atoms with van der Waals surface area (Å²) in [5.74, 6) is -3.43. The van der Waals surface area contributed by atoms with Gasteiger partial charge in [0.1, 0.15) is 90.2 Å². The van der Waals surface area contributed by atoms with Crippen LogP contribution in [0.5, 0.6) is 0 Å². The van der Waals surface area contributed by atoms with E-state index in [1.807, 2.05) is 57.2 Å². The smallest absolute Gasteiger partial charge is 0.331 e. The van der Waals surface area contributed by atoms with Gasteiger partial charge < -0.3 is 112 Å². The minimum Gasteiger partial charge on any atom is -0.458 e. The van der Waals surface area contributed by atoms with E-state index in [4.69, 9.17) is 75.8 Å². The molecule has 92 heavy (non-hydrogen) atoms. The van der Waals surface area contributed by atoms with E-state index in [1.165, 1.54) is 34.1 Å². The van der Waals surface area contributed by atoms with Crippen molar-refractivity contribution in [3.05, 3.63) is 53.6 Å². The first-order valence-electron chi connectivity index (χ1n) is 32.4. The second kappa shape index (κ2) is 28.9. The summed E-state index contributed by atoms with van der Waals surface area (Å²) in [6.45, 7) is 12.9. The van der Waals surface area contributed by atoms with Crippen LogP contribution in [0.4, 0.5) is 0 Å². The molecule has 0 spiro atoms. The molecule has 0 aromatic heterocycles. The number of hydrogen-bond donors (Lipinski definition) is 7.